The second-order valence-electron chi connectivity index (χ2n) is 5.92. The van der Waals surface area contributed by atoms with Crippen LogP contribution in [-0.4, -0.2) is 24.0 Å². The number of amides is 1. The quantitative estimate of drug-likeness (QED) is 0.812. The summed E-state index contributed by atoms with van der Waals surface area (Å²) in [5.41, 5.74) is 0.753. The van der Waals surface area contributed by atoms with Gasteiger partial charge in [0.2, 0.25) is 0 Å². The van der Waals surface area contributed by atoms with Crippen molar-refractivity contribution in [3.8, 4) is 5.75 Å². The van der Waals surface area contributed by atoms with E-state index in [1.165, 1.54) is 6.07 Å². The van der Waals surface area contributed by atoms with Crippen molar-refractivity contribution < 1.29 is 18.7 Å². The molecule has 1 aromatic carbocycles. The van der Waals surface area contributed by atoms with Crippen LogP contribution in [0.3, 0.4) is 0 Å². The number of halogens is 2. The summed E-state index contributed by atoms with van der Waals surface area (Å²) in [4.78, 5) is 12.2. The maximum absolute atomic E-state index is 14.3. The van der Waals surface area contributed by atoms with Gasteiger partial charge in [0, 0.05) is 6.07 Å². The fraction of sp³-hybridized carbons (Fsp3) is 0.500. The van der Waals surface area contributed by atoms with Gasteiger partial charge in [-0.3, -0.25) is 0 Å². The van der Waals surface area contributed by atoms with Crippen LogP contribution >= 0.6 is 11.6 Å². The first-order valence-electron chi connectivity index (χ1n) is 7.69. The SMILES string of the molecule is CC(C)Oc1cc(N2N=C3CCCCC3OC2=O)c(F)cc1Cl. The predicted molar refractivity (Wildman–Crippen MR) is 85.8 cm³/mol. The summed E-state index contributed by atoms with van der Waals surface area (Å²) in [6.07, 6.45) is 2.41. The maximum atomic E-state index is 14.3. The molecule has 0 N–H and O–H groups in total. The van der Waals surface area contributed by atoms with Gasteiger partial charge in [0.05, 0.1) is 16.8 Å². The lowest BCUT2D eigenvalue weighted by molar-refractivity contribution is 0.118. The molecule has 1 atom stereocenters. The minimum absolute atomic E-state index is 0.0217. The van der Waals surface area contributed by atoms with Crippen LogP contribution < -0.4 is 9.75 Å². The van der Waals surface area contributed by atoms with Crippen molar-refractivity contribution in [2.24, 2.45) is 5.10 Å². The molecule has 23 heavy (non-hydrogen) atoms. The van der Waals surface area contributed by atoms with Crippen LogP contribution in [0, 0.1) is 5.82 Å². The second kappa shape index (κ2) is 6.35. The number of fused-ring (bicyclic) bond motifs is 1. The molecule has 1 heterocycles. The zero-order chi connectivity index (χ0) is 16.6. The Bertz CT molecular complexity index is 663. The van der Waals surface area contributed by atoms with Gasteiger partial charge < -0.3 is 9.47 Å². The predicted octanol–water partition coefficient (Wildman–Crippen LogP) is 4.52. The molecule has 2 aliphatic rings. The van der Waals surface area contributed by atoms with Crippen molar-refractivity contribution in [3.05, 3.63) is 23.0 Å². The van der Waals surface area contributed by atoms with Gasteiger partial charge >= 0.3 is 6.09 Å². The molecule has 0 saturated heterocycles. The number of ether oxygens (including phenoxy) is 2. The van der Waals surface area contributed by atoms with E-state index in [2.05, 4.69) is 5.10 Å². The number of hydrazone groups is 1. The van der Waals surface area contributed by atoms with Gasteiger partial charge in [-0.2, -0.15) is 10.1 Å². The Kier molecular flexibility index (Phi) is 4.43. The molecule has 1 amide bonds. The number of rotatable bonds is 3. The summed E-state index contributed by atoms with van der Waals surface area (Å²) in [5.74, 6) is -0.349. The third kappa shape index (κ3) is 3.27. The lowest BCUT2D eigenvalue weighted by atomic mass is 9.95. The average molecular weight is 341 g/mol. The minimum atomic E-state index is -0.683. The Balaban J connectivity index is 1.98. The van der Waals surface area contributed by atoms with Gasteiger partial charge in [-0.1, -0.05) is 11.6 Å². The largest absolute Gasteiger partial charge is 0.489 e. The summed E-state index contributed by atoms with van der Waals surface area (Å²) in [6, 6.07) is 2.50. The highest BCUT2D eigenvalue weighted by molar-refractivity contribution is 6.32. The van der Waals surface area contributed by atoms with Crippen LogP contribution in [0.15, 0.2) is 17.2 Å². The van der Waals surface area contributed by atoms with Crippen LogP contribution in [0.1, 0.15) is 39.5 Å². The smallest absolute Gasteiger partial charge is 0.435 e. The number of carbonyl (C=O) groups is 1. The van der Waals surface area contributed by atoms with Crippen molar-refractivity contribution in [3.63, 3.8) is 0 Å². The van der Waals surface area contributed by atoms with Crippen LogP contribution in [0.2, 0.25) is 5.02 Å². The van der Waals surface area contributed by atoms with E-state index < -0.39 is 11.9 Å². The Morgan fingerprint density at radius 3 is 2.96 bits per heavy atom. The second-order valence-corrected chi connectivity index (χ2v) is 6.33. The normalized spacial score (nSPS) is 20.9. The van der Waals surface area contributed by atoms with E-state index in [4.69, 9.17) is 21.1 Å². The molecule has 0 radical (unpaired) electrons. The topological polar surface area (TPSA) is 51.1 Å². The van der Waals surface area contributed by atoms with Crippen molar-refractivity contribution in [1.29, 1.82) is 0 Å². The van der Waals surface area contributed by atoms with E-state index in [1.807, 2.05) is 13.8 Å². The van der Waals surface area contributed by atoms with Gasteiger partial charge in [-0.05, 0) is 45.6 Å². The lowest BCUT2D eigenvalue weighted by Crippen LogP contribution is -2.43. The molecule has 1 unspecified atom stereocenters. The van der Waals surface area contributed by atoms with Crippen LogP contribution in [0.4, 0.5) is 14.9 Å². The van der Waals surface area contributed by atoms with Gasteiger partial charge in [0.25, 0.3) is 0 Å². The number of carbonyl (C=O) groups excluding carboxylic acids is 1. The molecule has 7 heteroatoms. The molecule has 1 aliphatic heterocycles. The van der Waals surface area contributed by atoms with E-state index in [9.17, 15) is 9.18 Å². The molecule has 124 valence electrons. The van der Waals surface area contributed by atoms with E-state index in [-0.39, 0.29) is 22.9 Å². The number of anilines is 1. The first-order valence-corrected chi connectivity index (χ1v) is 8.07. The molecule has 1 aromatic rings. The highest BCUT2D eigenvalue weighted by Gasteiger charge is 2.34. The van der Waals surface area contributed by atoms with Crippen LogP contribution in [0.5, 0.6) is 5.75 Å². The minimum Gasteiger partial charge on any atom is -0.489 e. The van der Waals surface area contributed by atoms with Gasteiger partial charge in [0.15, 0.2) is 5.82 Å². The molecule has 1 aliphatic carbocycles. The third-order valence-electron chi connectivity index (χ3n) is 3.76. The Hall–Kier alpha value is -1.82. The molecule has 0 bridgehead atoms. The molecule has 0 aromatic heterocycles. The molecular formula is C16H18ClFN2O3. The van der Waals surface area contributed by atoms with Crippen LogP contribution in [-0.2, 0) is 4.74 Å². The highest BCUT2D eigenvalue weighted by atomic mass is 35.5. The first kappa shape index (κ1) is 16.1. The molecule has 1 fully saturated rings. The lowest BCUT2D eigenvalue weighted by Gasteiger charge is -2.32. The number of hydrogen-bond donors (Lipinski definition) is 0. The zero-order valence-electron chi connectivity index (χ0n) is 13.0. The van der Waals surface area contributed by atoms with Crippen LogP contribution in [0.25, 0.3) is 0 Å². The Morgan fingerprint density at radius 2 is 2.22 bits per heavy atom. The Labute approximate surface area is 139 Å². The number of nitrogens with zero attached hydrogens (tertiary/aromatic N) is 2. The fourth-order valence-corrected chi connectivity index (χ4v) is 2.92. The monoisotopic (exact) mass is 340 g/mol. The molecular weight excluding hydrogens is 323 g/mol. The summed E-state index contributed by atoms with van der Waals surface area (Å²) in [7, 11) is 0. The van der Waals surface area contributed by atoms with E-state index in [0.29, 0.717) is 5.75 Å². The standard InChI is InChI=1S/C16H18ClFN2O3/c1-9(2)22-15-8-13(11(18)7-10(15)17)20-16(21)23-14-6-4-3-5-12(14)19-20/h7-9,14H,3-6H2,1-2H3. The first-order chi connectivity index (χ1) is 11.0. The zero-order valence-corrected chi connectivity index (χ0v) is 13.8. The van der Waals surface area contributed by atoms with Gasteiger partial charge in [0.1, 0.15) is 17.5 Å². The maximum Gasteiger partial charge on any atom is 0.435 e. The summed E-state index contributed by atoms with van der Waals surface area (Å²) in [6.45, 7) is 3.67. The summed E-state index contributed by atoms with van der Waals surface area (Å²) < 4.78 is 25.2. The summed E-state index contributed by atoms with van der Waals surface area (Å²) in [5, 5.41) is 5.40. The number of benzene rings is 1. The molecule has 3 rings (SSSR count). The van der Waals surface area contributed by atoms with E-state index in [0.717, 1.165) is 42.5 Å². The fourth-order valence-electron chi connectivity index (χ4n) is 2.72. The van der Waals surface area contributed by atoms with Crippen molar-refractivity contribution in [1.82, 2.24) is 0 Å². The number of hydrogen-bond acceptors (Lipinski definition) is 4. The highest BCUT2D eigenvalue weighted by Crippen LogP contribution is 2.35. The van der Waals surface area contributed by atoms with Gasteiger partial charge in [-0.15, -0.1) is 0 Å². The summed E-state index contributed by atoms with van der Waals surface area (Å²) >= 11 is 6.00. The van der Waals surface area contributed by atoms with Gasteiger partial charge in [-0.25, -0.2) is 9.18 Å². The average Bonchev–Trinajstić information content (AvgIpc) is 2.49. The molecule has 0 spiro atoms. The van der Waals surface area contributed by atoms with E-state index in [1.54, 1.807) is 0 Å². The molecule has 5 nitrogen and oxygen atoms in total. The third-order valence-corrected chi connectivity index (χ3v) is 4.05. The van der Waals surface area contributed by atoms with E-state index >= 15 is 0 Å². The van der Waals surface area contributed by atoms with Crippen molar-refractivity contribution >= 4 is 29.1 Å². The van der Waals surface area contributed by atoms with Crippen molar-refractivity contribution in [2.45, 2.75) is 51.7 Å². The van der Waals surface area contributed by atoms with Crippen molar-refractivity contribution in [2.75, 3.05) is 5.01 Å². The molecule has 1 saturated carbocycles. The Morgan fingerprint density at radius 1 is 1.43 bits per heavy atom.